The number of fused-ring (bicyclic) bond motifs is 1. The van der Waals surface area contributed by atoms with Gasteiger partial charge in [0.1, 0.15) is 5.01 Å². The number of rotatable bonds is 7. The molecule has 6 nitrogen and oxygen atoms in total. The molecule has 0 saturated heterocycles. The Bertz CT molecular complexity index is 988. The maximum atomic E-state index is 13.1. The zero-order chi connectivity index (χ0) is 20.1. The van der Waals surface area contributed by atoms with Crippen LogP contribution in [-0.4, -0.2) is 28.3 Å². The third-order valence-corrected chi connectivity index (χ3v) is 5.19. The number of benzene rings is 1. The summed E-state index contributed by atoms with van der Waals surface area (Å²) in [6.07, 6.45) is 2.52. The second kappa shape index (κ2) is 8.88. The summed E-state index contributed by atoms with van der Waals surface area (Å²) < 4.78 is 13.9. The number of pyridine rings is 1. The maximum Gasteiger partial charge on any atom is 0.249 e. The van der Waals surface area contributed by atoms with Gasteiger partial charge in [-0.1, -0.05) is 13.0 Å². The number of amides is 2. The van der Waals surface area contributed by atoms with Crippen LogP contribution < -0.4 is 10.6 Å². The molecule has 0 saturated carbocycles. The molecule has 3 aromatic rings. The average Bonchev–Trinajstić information content (AvgIpc) is 3.10. The molecule has 1 aromatic carbocycles. The van der Waals surface area contributed by atoms with Gasteiger partial charge in [-0.25, -0.2) is 9.97 Å². The molecule has 3 rings (SSSR count). The fourth-order valence-corrected chi connectivity index (χ4v) is 3.83. The highest BCUT2D eigenvalue weighted by Crippen LogP contribution is 2.31. The van der Waals surface area contributed by atoms with Gasteiger partial charge >= 0.3 is 0 Å². The molecule has 8 heteroatoms. The van der Waals surface area contributed by atoms with E-state index in [9.17, 15) is 14.0 Å². The van der Waals surface area contributed by atoms with Crippen molar-refractivity contribution >= 4 is 33.4 Å². The quantitative estimate of drug-likeness (QED) is 0.594. The van der Waals surface area contributed by atoms with Gasteiger partial charge in [0.15, 0.2) is 6.04 Å². The molecule has 0 bridgehead atoms. The molecule has 0 radical (unpaired) electrons. The van der Waals surface area contributed by atoms with Crippen LogP contribution in [0.15, 0.2) is 36.5 Å². The molecule has 0 aliphatic heterocycles. The fraction of sp³-hybridized carbons (Fsp3) is 0.300. The number of carbonyl (C=O) groups excluding carboxylic acids is 2. The summed E-state index contributed by atoms with van der Waals surface area (Å²) >= 11 is 1.35. The lowest BCUT2D eigenvalue weighted by molar-refractivity contribution is -0.129. The third kappa shape index (κ3) is 4.51. The third-order valence-electron chi connectivity index (χ3n) is 4.11. The molecular formula is C20H21FN4O2S. The van der Waals surface area contributed by atoms with Gasteiger partial charge in [0.2, 0.25) is 17.8 Å². The van der Waals surface area contributed by atoms with Crippen LogP contribution >= 0.6 is 11.3 Å². The Morgan fingerprint density at radius 3 is 2.64 bits per heavy atom. The first-order chi connectivity index (χ1) is 13.5. The Labute approximate surface area is 166 Å². The minimum atomic E-state index is -0.827. The molecule has 2 amide bonds. The minimum absolute atomic E-state index is 0.184. The summed E-state index contributed by atoms with van der Waals surface area (Å²) in [4.78, 5) is 32.8. The molecule has 1 unspecified atom stereocenters. The molecule has 146 valence electrons. The highest BCUT2D eigenvalue weighted by atomic mass is 32.1. The highest BCUT2D eigenvalue weighted by Gasteiger charge is 2.25. The van der Waals surface area contributed by atoms with E-state index in [0.29, 0.717) is 24.4 Å². The lowest BCUT2D eigenvalue weighted by Gasteiger charge is -2.15. The van der Waals surface area contributed by atoms with Crippen LogP contribution in [0.3, 0.4) is 0 Å². The lowest BCUT2D eigenvalue weighted by atomic mass is 10.1. The number of aromatic nitrogens is 2. The second-order valence-electron chi connectivity index (χ2n) is 6.25. The summed E-state index contributed by atoms with van der Waals surface area (Å²) in [5.41, 5.74) is 2.40. The number of carbonyl (C=O) groups is 2. The van der Waals surface area contributed by atoms with Crippen LogP contribution in [-0.2, 0) is 9.59 Å². The molecule has 2 aromatic heterocycles. The summed E-state index contributed by atoms with van der Waals surface area (Å²) in [5.74, 6) is -0.998. The standard InChI is InChI=1S/C20H21FN4O2S/c1-3-5-17(26)25-18(19(27)22-4-2)20-24-14-8-6-12(10-15(14)28-20)13-7-9-16(21)23-11-13/h6-11,18H,3-5H2,1-2H3,(H,22,27)(H,25,26). The van der Waals surface area contributed by atoms with E-state index in [1.54, 1.807) is 6.07 Å². The predicted molar refractivity (Wildman–Crippen MR) is 107 cm³/mol. The summed E-state index contributed by atoms with van der Waals surface area (Å²) in [5, 5.41) is 6.05. The average molecular weight is 400 g/mol. The monoisotopic (exact) mass is 400 g/mol. The zero-order valence-electron chi connectivity index (χ0n) is 15.7. The fourth-order valence-electron chi connectivity index (χ4n) is 2.77. The van der Waals surface area contributed by atoms with Crippen molar-refractivity contribution in [3.8, 4) is 11.1 Å². The van der Waals surface area contributed by atoms with E-state index in [1.807, 2.05) is 32.0 Å². The largest absolute Gasteiger partial charge is 0.354 e. The number of likely N-dealkylation sites (N-methyl/N-ethyl adjacent to an activating group) is 1. The Balaban J connectivity index is 1.94. The van der Waals surface area contributed by atoms with Gasteiger partial charge < -0.3 is 10.6 Å². The first-order valence-electron chi connectivity index (χ1n) is 9.11. The van der Waals surface area contributed by atoms with E-state index in [2.05, 4.69) is 20.6 Å². The Kier molecular flexibility index (Phi) is 6.30. The van der Waals surface area contributed by atoms with Crippen molar-refractivity contribution in [1.82, 2.24) is 20.6 Å². The second-order valence-corrected chi connectivity index (χ2v) is 7.31. The van der Waals surface area contributed by atoms with Crippen molar-refractivity contribution in [1.29, 1.82) is 0 Å². The summed E-state index contributed by atoms with van der Waals surface area (Å²) in [6.45, 7) is 4.19. The van der Waals surface area contributed by atoms with Crippen molar-refractivity contribution in [3.63, 3.8) is 0 Å². The van der Waals surface area contributed by atoms with Crippen molar-refractivity contribution in [3.05, 3.63) is 47.5 Å². The lowest BCUT2D eigenvalue weighted by Crippen LogP contribution is -2.40. The van der Waals surface area contributed by atoms with E-state index in [4.69, 9.17) is 0 Å². The molecule has 28 heavy (non-hydrogen) atoms. The molecule has 0 spiro atoms. The van der Waals surface area contributed by atoms with E-state index >= 15 is 0 Å². The Hall–Kier alpha value is -2.87. The molecule has 2 heterocycles. The van der Waals surface area contributed by atoms with E-state index in [-0.39, 0.29) is 11.8 Å². The van der Waals surface area contributed by atoms with Crippen LogP contribution in [0, 0.1) is 5.95 Å². The van der Waals surface area contributed by atoms with Crippen LogP contribution in [0.5, 0.6) is 0 Å². The Morgan fingerprint density at radius 2 is 1.96 bits per heavy atom. The topological polar surface area (TPSA) is 84.0 Å². The minimum Gasteiger partial charge on any atom is -0.354 e. The van der Waals surface area contributed by atoms with Crippen LogP contribution in [0.1, 0.15) is 37.7 Å². The number of halogens is 1. The summed E-state index contributed by atoms with van der Waals surface area (Å²) in [6, 6.07) is 7.79. The van der Waals surface area contributed by atoms with Crippen LogP contribution in [0.4, 0.5) is 4.39 Å². The van der Waals surface area contributed by atoms with Gasteiger partial charge in [-0.05, 0) is 43.2 Å². The van der Waals surface area contributed by atoms with Crippen LogP contribution in [0.25, 0.3) is 21.3 Å². The Morgan fingerprint density at radius 1 is 1.18 bits per heavy atom. The maximum absolute atomic E-state index is 13.1. The molecule has 1 atom stereocenters. The van der Waals surface area contributed by atoms with Gasteiger partial charge in [0.05, 0.1) is 10.2 Å². The SMILES string of the molecule is CCCC(=O)NC(C(=O)NCC)c1nc2ccc(-c3ccc(F)nc3)cc2s1. The van der Waals surface area contributed by atoms with E-state index < -0.39 is 12.0 Å². The normalized spacial score (nSPS) is 12.0. The molecule has 0 aliphatic carbocycles. The van der Waals surface area contributed by atoms with Crippen LogP contribution in [0.2, 0.25) is 0 Å². The summed E-state index contributed by atoms with van der Waals surface area (Å²) in [7, 11) is 0. The van der Waals surface area contributed by atoms with Gasteiger partial charge in [0, 0.05) is 24.7 Å². The number of hydrogen-bond acceptors (Lipinski definition) is 5. The number of thiazole rings is 1. The van der Waals surface area contributed by atoms with E-state index in [1.165, 1.54) is 23.6 Å². The zero-order valence-corrected chi connectivity index (χ0v) is 16.5. The smallest absolute Gasteiger partial charge is 0.249 e. The van der Waals surface area contributed by atoms with Crippen molar-refractivity contribution in [2.24, 2.45) is 0 Å². The van der Waals surface area contributed by atoms with Crippen molar-refractivity contribution < 1.29 is 14.0 Å². The number of nitrogens with one attached hydrogen (secondary N) is 2. The van der Waals surface area contributed by atoms with Gasteiger partial charge in [-0.15, -0.1) is 11.3 Å². The van der Waals surface area contributed by atoms with Gasteiger partial charge in [-0.3, -0.25) is 9.59 Å². The highest BCUT2D eigenvalue weighted by molar-refractivity contribution is 7.18. The molecule has 0 fully saturated rings. The number of nitrogens with zero attached hydrogens (tertiary/aromatic N) is 2. The first kappa shape index (κ1) is 19.9. The van der Waals surface area contributed by atoms with Crippen molar-refractivity contribution in [2.45, 2.75) is 32.7 Å². The molecule has 2 N–H and O–H groups in total. The molecular weight excluding hydrogens is 379 g/mol. The number of hydrogen-bond donors (Lipinski definition) is 2. The predicted octanol–water partition coefficient (Wildman–Crippen LogP) is 3.59. The molecule has 0 aliphatic rings. The van der Waals surface area contributed by atoms with Gasteiger partial charge in [0.25, 0.3) is 0 Å². The van der Waals surface area contributed by atoms with Gasteiger partial charge in [-0.2, -0.15) is 4.39 Å². The van der Waals surface area contributed by atoms with E-state index in [0.717, 1.165) is 21.3 Å². The first-order valence-corrected chi connectivity index (χ1v) is 9.93. The van der Waals surface area contributed by atoms with Crippen molar-refractivity contribution in [2.75, 3.05) is 6.54 Å².